The average molecular weight is 310 g/mol. The molecule has 0 aliphatic carbocycles. The first-order valence-electron chi connectivity index (χ1n) is 7.51. The molecule has 0 bridgehead atoms. The van der Waals surface area contributed by atoms with Gasteiger partial charge in [-0.1, -0.05) is 26.0 Å². The molecule has 21 heavy (non-hydrogen) atoms. The number of anilines is 1. The van der Waals surface area contributed by atoms with Crippen LogP contribution in [-0.2, 0) is 10.0 Å². The van der Waals surface area contributed by atoms with E-state index in [0.29, 0.717) is 23.7 Å². The van der Waals surface area contributed by atoms with Gasteiger partial charge in [0.05, 0.1) is 5.69 Å². The Morgan fingerprint density at radius 1 is 1.10 bits per heavy atom. The van der Waals surface area contributed by atoms with Crippen LogP contribution >= 0.6 is 0 Å². The molecule has 0 aromatic heterocycles. The van der Waals surface area contributed by atoms with E-state index in [1.807, 2.05) is 26.0 Å². The molecule has 1 fully saturated rings. The summed E-state index contributed by atoms with van der Waals surface area (Å²) in [6, 6.07) is 3.70. The van der Waals surface area contributed by atoms with Gasteiger partial charge in [-0.25, -0.2) is 8.42 Å². The lowest BCUT2D eigenvalue weighted by Gasteiger charge is -2.24. The van der Waals surface area contributed by atoms with Crippen LogP contribution < -0.4 is 5.73 Å². The second kappa shape index (κ2) is 5.61. The smallest absolute Gasteiger partial charge is 0.245 e. The number of nitrogens with two attached hydrogens (primary N) is 1. The van der Waals surface area contributed by atoms with Crippen LogP contribution in [-0.4, -0.2) is 25.8 Å². The Morgan fingerprint density at radius 3 is 2.38 bits per heavy atom. The summed E-state index contributed by atoms with van der Waals surface area (Å²) in [7, 11) is -3.51. The van der Waals surface area contributed by atoms with Crippen molar-refractivity contribution in [2.75, 3.05) is 18.8 Å². The summed E-state index contributed by atoms with van der Waals surface area (Å²) in [5, 5.41) is 0. The van der Waals surface area contributed by atoms with Crippen LogP contribution in [0, 0.1) is 19.3 Å². The van der Waals surface area contributed by atoms with Crippen molar-refractivity contribution >= 4 is 15.7 Å². The molecule has 1 aliphatic rings. The van der Waals surface area contributed by atoms with Gasteiger partial charge in [0.15, 0.2) is 0 Å². The third kappa shape index (κ3) is 3.24. The highest BCUT2D eigenvalue weighted by Crippen LogP contribution is 2.34. The molecule has 5 heteroatoms. The van der Waals surface area contributed by atoms with Gasteiger partial charge in [0.2, 0.25) is 10.0 Å². The highest BCUT2D eigenvalue weighted by Gasteiger charge is 2.32. The first-order chi connectivity index (χ1) is 9.65. The van der Waals surface area contributed by atoms with Crippen molar-refractivity contribution in [3.05, 3.63) is 23.3 Å². The van der Waals surface area contributed by atoms with Gasteiger partial charge < -0.3 is 5.73 Å². The Balaban J connectivity index is 2.41. The molecule has 1 saturated heterocycles. The summed E-state index contributed by atoms with van der Waals surface area (Å²) in [5.41, 5.74) is 8.19. The van der Waals surface area contributed by atoms with Crippen LogP contribution in [0.5, 0.6) is 0 Å². The van der Waals surface area contributed by atoms with Crippen molar-refractivity contribution in [3.63, 3.8) is 0 Å². The van der Waals surface area contributed by atoms with Gasteiger partial charge in [0.25, 0.3) is 0 Å². The van der Waals surface area contributed by atoms with Crippen molar-refractivity contribution in [2.24, 2.45) is 5.41 Å². The monoisotopic (exact) mass is 310 g/mol. The topological polar surface area (TPSA) is 63.4 Å². The van der Waals surface area contributed by atoms with Crippen molar-refractivity contribution < 1.29 is 8.42 Å². The fraction of sp³-hybridized carbons (Fsp3) is 0.625. The molecule has 2 N–H and O–H groups in total. The van der Waals surface area contributed by atoms with E-state index in [9.17, 15) is 8.42 Å². The summed E-state index contributed by atoms with van der Waals surface area (Å²) in [6.45, 7) is 9.22. The predicted octanol–water partition coefficient (Wildman–Crippen LogP) is 3.09. The van der Waals surface area contributed by atoms with E-state index in [1.54, 1.807) is 4.31 Å². The average Bonchev–Trinajstić information content (AvgIpc) is 2.55. The first kappa shape index (κ1) is 16.3. The minimum Gasteiger partial charge on any atom is -0.397 e. The van der Waals surface area contributed by atoms with Crippen molar-refractivity contribution in [3.8, 4) is 0 Å². The third-order valence-electron chi connectivity index (χ3n) is 4.51. The quantitative estimate of drug-likeness (QED) is 0.854. The zero-order valence-electron chi connectivity index (χ0n) is 13.4. The standard InChI is InChI=1S/C16H26N2O2S/c1-12-6-7-13(2)15(14(12)17)21(19,20)18-10-5-8-16(3,4)9-11-18/h6-7H,5,8-11,17H2,1-4H3. The van der Waals surface area contributed by atoms with E-state index in [0.717, 1.165) is 30.4 Å². The maximum Gasteiger partial charge on any atom is 0.245 e. The minimum absolute atomic E-state index is 0.206. The summed E-state index contributed by atoms with van der Waals surface area (Å²) >= 11 is 0. The number of benzene rings is 1. The molecule has 4 nitrogen and oxygen atoms in total. The van der Waals surface area contributed by atoms with Crippen LogP contribution in [0.4, 0.5) is 5.69 Å². The summed E-state index contributed by atoms with van der Waals surface area (Å²) in [5.74, 6) is 0. The van der Waals surface area contributed by atoms with Crippen LogP contribution in [0.15, 0.2) is 17.0 Å². The molecule has 1 aromatic carbocycles. The molecular formula is C16H26N2O2S. The van der Waals surface area contributed by atoms with E-state index in [-0.39, 0.29) is 5.41 Å². The Labute approximate surface area is 128 Å². The zero-order chi connectivity index (χ0) is 15.8. The van der Waals surface area contributed by atoms with Crippen LogP contribution in [0.25, 0.3) is 0 Å². The van der Waals surface area contributed by atoms with Crippen molar-refractivity contribution in [1.82, 2.24) is 4.31 Å². The lowest BCUT2D eigenvalue weighted by molar-refractivity contribution is 0.315. The predicted molar refractivity (Wildman–Crippen MR) is 86.7 cm³/mol. The molecule has 1 heterocycles. The van der Waals surface area contributed by atoms with Crippen molar-refractivity contribution in [2.45, 2.75) is 51.9 Å². The Hall–Kier alpha value is -1.07. The Kier molecular flexibility index (Phi) is 4.36. The fourth-order valence-corrected chi connectivity index (χ4v) is 4.79. The summed E-state index contributed by atoms with van der Waals surface area (Å²) in [6.07, 6.45) is 2.84. The fourth-order valence-electron chi connectivity index (χ4n) is 2.92. The number of hydrogen-bond donors (Lipinski definition) is 1. The molecule has 118 valence electrons. The molecule has 0 atom stereocenters. The van der Waals surface area contributed by atoms with Crippen molar-refractivity contribution in [1.29, 1.82) is 0 Å². The van der Waals surface area contributed by atoms with Gasteiger partial charge in [0, 0.05) is 13.1 Å². The maximum atomic E-state index is 13.0. The third-order valence-corrected chi connectivity index (χ3v) is 6.61. The highest BCUT2D eigenvalue weighted by atomic mass is 32.2. The molecule has 2 rings (SSSR count). The zero-order valence-corrected chi connectivity index (χ0v) is 14.3. The molecular weight excluding hydrogens is 284 g/mol. The minimum atomic E-state index is -3.51. The molecule has 1 aliphatic heterocycles. The number of rotatable bonds is 2. The van der Waals surface area contributed by atoms with Crippen LogP contribution in [0.1, 0.15) is 44.2 Å². The number of hydrogen-bond acceptors (Lipinski definition) is 3. The molecule has 0 radical (unpaired) electrons. The molecule has 0 spiro atoms. The number of nitrogen functional groups attached to an aromatic ring is 1. The maximum absolute atomic E-state index is 13.0. The largest absolute Gasteiger partial charge is 0.397 e. The Bertz CT molecular complexity index is 636. The van der Waals surface area contributed by atoms with E-state index in [1.165, 1.54) is 0 Å². The molecule has 0 saturated carbocycles. The highest BCUT2D eigenvalue weighted by molar-refractivity contribution is 7.89. The second-order valence-electron chi connectivity index (χ2n) is 6.86. The van der Waals surface area contributed by atoms with Crippen LogP contribution in [0.2, 0.25) is 0 Å². The number of aryl methyl sites for hydroxylation is 2. The lowest BCUT2D eigenvalue weighted by Crippen LogP contribution is -2.33. The molecule has 0 amide bonds. The second-order valence-corrected chi connectivity index (χ2v) is 8.74. The molecule has 0 unspecified atom stereocenters. The number of sulfonamides is 1. The van der Waals surface area contributed by atoms with Gasteiger partial charge in [-0.05, 0) is 49.7 Å². The SMILES string of the molecule is Cc1ccc(C)c(S(=O)(=O)N2CCCC(C)(C)CC2)c1N. The van der Waals surface area contributed by atoms with E-state index >= 15 is 0 Å². The summed E-state index contributed by atoms with van der Waals surface area (Å²) < 4.78 is 27.6. The van der Waals surface area contributed by atoms with Gasteiger partial charge in [-0.2, -0.15) is 4.31 Å². The van der Waals surface area contributed by atoms with E-state index in [4.69, 9.17) is 5.73 Å². The summed E-state index contributed by atoms with van der Waals surface area (Å²) in [4.78, 5) is 0.294. The van der Waals surface area contributed by atoms with E-state index in [2.05, 4.69) is 13.8 Å². The Morgan fingerprint density at radius 2 is 1.71 bits per heavy atom. The van der Waals surface area contributed by atoms with Gasteiger partial charge in [0.1, 0.15) is 4.90 Å². The van der Waals surface area contributed by atoms with Gasteiger partial charge in [-0.15, -0.1) is 0 Å². The first-order valence-corrected chi connectivity index (χ1v) is 8.95. The van der Waals surface area contributed by atoms with Gasteiger partial charge in [-0.3, -0.25) is 0 Å². The number of nitrogens with zero attached hydrogens (tertiary/aromatic N) is 1. The van der Waals surface area contributed by atoms with E-state index < -0.39 is 10.0 Å². The lowest BCUT2D eigenvalue weighted by atomic mass is 9.85. The van der Waals surface area contributed by atoms with Crippen LogP contribution in [0.3, 0.4) is 0 Å². The normalized spacial score (nSPS) is 20.2. The molecule has 1 aromatic rings. The van der Waals surface area contributed by atoms with Gasteiger partial charge >= 0.3 is 0 Å².